The molecule has 2 N–H and O–H groups in total. The van der Waals surface area contributed by atoms with E-state index in [9.17, 15) is 15.0 Å². The van der Waals surface area contributed by atoms with Crippen LogP contribution in [0.15, 0.2) is 90.5 Å². The molecule has 0 radical (unpaired) electrons. The SMILES string of the molecule is O=C1CC=CC2=C1C(c1ccc(O)cc1)(c1ccccc1O)c1ccccc12. The lowest BCUT2D eigenvalue weighted by atomic mass is 9.65. The monoisotopic (exact) mass is 366 g/mol. The van der Waals surface area contributed by atoms with Gasteiger partial charge < -0.3 is 10.2 Å². The Morgan fingerprint density at radius 3 is 2.21 bits per heavy atom. The van der Waals surface area contributed by atoms with Gasteiger partial charge in [-0.3, -0.25) is 4.79 Å². The van der Waals surface area contributed by atoms with E-state index in [1.807, 2.05) is 60.7 Å². The second kappa shape index (κ2) is 5.96. The summed E-state index contributed by atoms with van der Waals surface area (Å²) in [6, 6.07) is 22.1. The second-order valence-electron chi connectivity index (χ2n) is 7.18. The molecule has 0 fully saturated rings. The zero-order chi connectivity index (χ0) is 19.3. The van der Waals surface area contributed by atoms with E-state index in [1.165, 1.54) is 0 Å². The van der Waals surface area contributed by atoms with Crippen molar-refractivity contribution >= 4 is 11.4 Å². The van der Waals surface area contributed by atoms with Crippen molar-refractivity contribution in [2.75, 3.05) is 0 Å². The first-order valence-electron chi connectivity index (χ1n) is 9.26. The van der Waals surface area contributed by atoms with Crippen LogP contribution in [0.1, 0.15) is 28.7 Å². The average Bonchev–Trinajstić information content (AvgIpc) is 3.02. The van der Waals surface area contributed by atoms with E-state index in [-0.39, 0.29) is 17.3 Å². The van der Waals surface area contributed by atoms with Crippen molar-refractivity contribution in [1.82, 2.24) is 0 Å². The maximum atomic E-state index is 13.2. The molecule has 1 atom stereocenters. The summed E-state index contributed by atoms with van der Waals surface area (Å²) in [5.41, 5.74) is 4.14. The summed E-state index contributed by atoms with van der Waals surface area (Å²) in [6.45, 7) is 0. The Labute approximate surface area is 162 Å². The molecule has 3 heteroatoms. The number of rotatable bonds is 2. The summed E-state index contributed by atoms with van der Waals surface area (Å²) in [5, 5.41) is 20.7. The average molecular weight is 366 g/mol. The molecule has 0 amide bonds. The maximum absolute atomic E-state index is 13.2. The predicted octanol–water partition coefficient (Wildman–Crippen LogP) is 4.73. The van der Waals surface area contributed by atoms with Crippen molar-refractivity contribution in [3.63, 3.8) is 0 Å². The van der Waals surface area contributed by atoms with Crippen molar-refractivity contribution < 1.29 is 15.0 Å². The highest BCUT2D eigenvalue weighted by atomic mass is 16.3. The molecule has 0 saturated carbocycles. The lowest BCUT2D eigenvalue weighted by molar-refractivity contribution is -0.115. The van der Waals surface area contributed by atoms with Crippen LogP contribution in [0.5, 0.6) is 11.5 Å². The number of hydrogen-bond donors (Lipinski definition) is 2. The lowest BCUT2D eigenvalue weighted by Gasteiger charge is -2.35. The van der Waals surface area contributed by atoms with Gasteiger partial charge in [-0.05, 0) is 40.5 Å². The molecule has 0 spiro atoms. The van der Waals surface area contributed by atoms with Crippen molar-refractivity contribution in [3.8, 4) is 11.5 Å². The molecule has 136 valence electrons. The molecule has 3 nitrogen and oxygen atoms in total. The molecule has 28 heavy (non-hydrogen) atoms. The third-order valence-corrected chi connectivity index (χ3v) is 5.74. The molecule has 3 aromatic carbocycles. The van der Waals surface area contributed by atoms with Crippen LogP contribution >= 0.6 is 0 Å². The number of carbonyl (C=O) groups is 1. The number of phenols is 2. The van der Waals surface area contributed by atoms with Crippen LogP contribution in [-0.4, -0.2) is 16.0 Å². The third kappa shape index (κ3) is 2.07. The van der Waals surface area contributed by atoms with Crippen LogP contribution in [0, 0.1) is 0 Å². The zero-order valence-corrected chi connectivity index (χ0v) is 15.1. The van der Waals surface area contributed by atoms with Gasteiger partial charge in [-0.2, -0.15) is 0 Å². The van der Waals surface area contributed by atoms with E-state index >= 15 is 0 Å². The quantitative estimate of drug-likeness (QED) is 0.689. The Morgan fingerprint density at radius 1 is 0.786 bits per heavy atom. The van der Waals surface area contributed by atoms with E-state index < -0.39 is 5.41 Å². The largest absolute Gasteiger partial charge is 0.508 e. The van der Waals surface area contributed by atoms with Crippen LogP contribution in [0.3, 0.4) is 0 Å². The van der Waals surface area contributed by atoms with Gasteiger partial charge in [-0.15, -0.1) is 0 Å². The molecule has 0 saturated heterocycles. The minimum atomic E-state index is -0.924. The number of para-hydroxylation sites is 1. The summed E-state index contributed by atoms with van der Waals surface area (Å²) in [7, 11) is 0. The smallest absolute Gasteiger partial charge is 0.164 e. The van der Waals surface area contributed by atoms with E-state index in [2.05, 4.69) is 0 Å². The van der Waals surface area contributed by atoms with Crippen molar-refractivity contribution in [2.24, 2.45) is 0 Å². The molecule has 0 aromatic heterocycles. The minimum Gasteiger partial charge on any atom is -0.508 e. The van der Waals surface area contributed by atoms with Crippen LogP contribution in [0.2, 0.25) is 0 Å². The summed E-state index contributed by atoms with van der Waals surface area (Å²) in [4.78, 5) is 13.2. The van der Waals surface area contributed by atoms with Gasteiger partial charge in [-0.25, -0.2) is 0 Å². The van der Waals surface area contributed by atoms with Gasteiger partial charge in [-0.1, -0.05) is 66.7 Å². The van der Waals surface area contributed by atoms with Gasteiger partial charge in [0.25, 0.3) is 0 Å². The van der Waals surface area contributed by atoms with Crippen molar-refractivity contribution in [3.05, 3.63) is 113 Å². The fourth-order valence-corrected chi connectivity index (χ4v) is 4.67. The first kappa shape index (κ1) is 16.6. The fraction of sp³-hybridized carbons (Fsp3) is 0.0800. The number of allylic oxidation sites excluding steroid dienone is 4. The van der Waals surface area contributed by atoms with Gasteiger partial charge in [0.15, 0.2) is 5.78 Å². The Balaban J connectivity index is 1.98. The molecule has 1 unspecified atom stereocenters. The number of ketones is 1. The van der Waals surface area contributed by atoms with Gasteiger partial charge >= 0.3 is 0 Å². The fourth-order valence-electron chi connectivity index (χ4n) is 4.67. The number of carbonyl (C=O) groups excluding carboxylic acids is 1. The number of aromatic hydroxyl groups is 2. The number of fused-ring (bicyclic) bond motifs is 2. The first-order valence-corrected chi connectivity index (χ1v) is 9.26. The van der Waals surface area contributed by atoms with Crippen LogP contribution < -0.4 is 0 Å². The van der Waals surface area contributed by atoms with Crippen molar-refractivity contribution in [1.29, 1.82) is 0 Å². The first-order chi connectivity index (χ1) is 13.6. The van der Waals surface area contributed by atoms with Crippen LogP contribution in [0.4, 0.5) is 0 Å². The Morgan fingerprint density at radius 2 is 1.46 bits per heavy atom. The Bertz CT molecular complexity index is 1170. The topological polar surface area (TPSA) is 57.5 Å². The maximum Gasteiger partial charge on any atom is 0.164 e. The van der Waals surface area contributed by atoms with E-state index in [0.29, 0.717) is 17.6 Å². The molecule has 2 aliphatic rings. The predicted molar refractivity (Wildman–Crippen MR) is 108 cm³/mol. The Hall–Kier alpha value is -3.59. The zero-order valence-electron chi connectivity index (χ0n) is 15.1. The Kier molecular flexibility index (Phi) is 3.53. The van der Waals surface area contributed by atoms with E-state index in [4.69, 9.17) is 0 Å². The van der Waals surface area contributed by atoms with E-state index in [0.717, 1.165) is 22.3 Å². The second-order valence-corrected chi connectivity index (χ2v) is 7.18. The molecule has 0 heterocycles. The molecule has 3 aromatic rings. The molecule has 5 rings (SSSR count). The number of phenolic OH excluding ortho intramolecular Hbond substituents is 2. The number of Topliss-reactive ketones (excluding diaryl/α,β-unsaturated/α-hetero) is 1. The highest BCUT2D eigenvalue weighted by molar-refractivity contribution is 6.14. The highest BCUT2D eigenvalue weighted by Crippen LogP contribution is 2.57. The molecular formula is C25H18O3. The summed E-state index contributed by atoms with van der Waals surface area (Å²) in [5.74, 6) is 0.345. The van der Waals surface area contributed by atoms with Crippen LogP contribution in [0.25, 0.3) is 5.57 Å². The minimum absolute atomic E-state index is 0.0463. The normalized spacial score (nSPS) is 20.2. The molecule has 0 aliphatic heterocycles. The van der Waals surface area contributed by atoms with Crippen molar-refractivity contribution in [2.45, 2.75) is 11.8 Å². The van der Waals surface area contributed by atoms with E-state index in [1.54, 1.807) is 24.3 Å². The number of benzene rings is 3. The summed E-state index contributed by atoms with van der Waals surface area (Å²) < 4.78 is 0. The molecular weight excluding hydrogens is 348 g/mol. The lowest BCUT2D eigenvalue weighted by Crippen LogP contribution is -2.33. The van der Waals surface area contributed by atoms with Gasteiger partial charge in [0.05, 0.1) is 5.41 Å². The highest BCUT2D eigenvalue weighted by Gasteiger charge is 2.51. The molecule has 0 bridgehead atoms. The summed E-state index contributed by atoms with van der Waals surface area (Å²) >= 11 is 0. The van der Waals surface area contributed by atoms with Gasteiger partial charge in [0, 0.05) is 17.6 Å². The van der Waals surface area contributed by atoms with Gasteiger partial charge in [0.2, 0.25) is 0 Å². The molecule has 2 aliphatic carbocycles. The summed E-state index contributed by atoms with van der Waals surface area (Å²) in [6.07, 6.45) is 4.24. The third-order valence-electron chi connectivity index (χ3n) is 5.74. The van der Waals surface area contributed by atoms with Gasteiger partial charge in [0.1, 0.15) is 11.5 Å². The number of hydrogen-bond acceptors (Lipinski definition) is 3. The standard InChI is InChI=1S/C25H18O3/c26-17-14-12-16(13-15-17)25(21-9-3-4-10-22(21)27)20-8-2-1-6-18(20)19-7-5-11-23(28)24(19)25/h1-10,12-15,26-27H,11H2. The van der Waals surface area contributed by atoms with Crippen LogP contribution in [-0.2, 0) is 10.2 Å².